The molecule has 1 rings (SSSR count). The molecule has 0 aromatic carbocycles. The van der Waals surface area contributed by atoms with Crippen molar-refractivity contribution < 1.29 is 4.74 Å². The zero-order chi connectivity index (χ0) is 9.14. The predicted octanol–water partition coefficient (Wildman–Crippen LogP) is 3.27. The van der Waals surface area contributed by atoms with Crippen LogP contribution >= 0.6 is 15.9 Å². The van der Waals surface area contributed by atoms with E-state index in [2.05, 4.69) is 41.9 Å². The summed E-state index contributed by atoms with van der Waals surface area (Å²) in [6.07, 6.45) is 5.52. The van der Waals surface area contributed by atoms with Gasteiger partial charge in [-0.25, -0.2) is 0 Å². The molecule has 0 aromatic heterocycles. The molecule has 1 atom stereocenters. The fraction of sp³-hybridized carbons (Fsp3) is 0.600. The molecule has 0 aromatic rings. The van der Waals surface area contributed by atoms with Gasteiger partial charge < -0.3 is 4.74 Å². The lowest BCUT2D eigenvalue weighted by Crippen LogP contribution is -2.16. The first kappa shape index (κ1) is 10.0. The lowest BCUT2D eigenvalue weighted by molar-refractivity contribution is 0.136. The number of ether oxygens (including phenoxy) is 1. The van der Waals surface area contributed by atoms with E-state index in [0.717, 1.165) is 10.9 Å². The van der Waals surface area contributed by atoms with Crippen LogP contribution in [-0.2, 0) is 4.74 Å². The van der Waals surface area contributed by atoms with Gasteiger partial charge in [-0.15, -0.1) is 0 Å². The molecule has 0 saturated carbocycles. The second kappa shape index (κ2) is 4.24. The van der Waals surface area contributed by atoms with E-state index in [1.807, 2.05) is 0 Å². The Balaban J connectivity index is 2.72. The van der Waals surface area contributed by atoms with Crippen LogP contribution in [0.4, 0.5) is 0 Å². The first-order valence-corrected chi connectivity index (χ1v) is 5.03. The molecule has 0 spiro atoms. The van der Waals surface area contributed by atoms with Crippen LogP contribution in [0.2, 0.25) is 0 Å². The molecule has 1 unspecified atom stereocenters. The zero-order valence-corrected chi connectivity index (χ0v) is 9.39. The van der Waals surface area contributed by atoms with Crippen molar-refractivity contribution in [3.63, 3.8) is 0 Å². The summed E-state index contributed by atoms with van der Waals surface area (Å²) in [7, 11) is 1.75. The van der Waals surface area contributed by atoms with Gasteiger partial charge in [-0.1, -0.05) is 41.4 Å². The molecule has 0 aliphatic heterocycles. The summed E-state index contributed by atoms with van der Waals surface area (Å²) >= 11 is 3.48. The quantitative estimate of drug-likeness (QED) is 0.708. The van der Waals surface area contributed by atoms with Crippen LogP contribution in [0.3, 0.4) is 0 Å². The van der Waals surface area contributed by atoms with Crippen molar-refractivity contribution in [2.75, 3.05) is 7.11 Å². The molecule has 1 nitrogen and oxygen atoms in total. The van der Waals surface area contributed by atoms with Crippen molar-refractivity contribution >= 4 is 15.9 Å². The van der Waals surface area contributed by atoms with Gasteiger partial charge in [0.2, 0.25) is 0 Å². The van der Waals surface area contributed by atoms with Crippen LogP contribution in [0.1, 0.15) is 20.3 Å². The fourth-order valence-corrected chi connectivity index (χ4v) is 1.78. The van der Waals surface area contributed by atoms with Crippen LogP contribution in [0.15, 0.2) is 22.2 Å². The molecule has 0 heterocycles. The SMILES string of the molecule is COC1CC(C(C)C)=CC=C1Br. The van der Waals surface area contributed by atoms with E-state index < -0.39 is 0 Å². The van der Waals surface area contributed by atoms with Gasteiger partial charge in [0, 0.05) is 11.6 Å². The molecule has 1 aliphatic rings. The van der Waals surface area contributed by atoms with Gasteiger partial charge in [0.25, 0.3) is 0 Å². The summed E-state index contributed by atoms with van der Waals surface area (Å²) in [5.74, 6) is 0.625. The van der Waals surface area contributed by atoms with Gasteiger partial charge in [-0.3, -0.25) is 0 Å². The molecule has 0 amide bonds. The van der Waals surface area contributed by atoms with E-state index >= 15 is 0 Å². The second-order valence-corrected chi connectivity index (χ2v) is 4.29. The Hall–Kier alpha value is -0.0800. The first-order valence-electron chi connectivity index (χ1n) is 4.24. The summed E-state index contributed by atoms with van der Waals surface area (Å²) in [5.41, 5.74) is 1.46. The summed E-state index contributed by atoms with van der Waals surface area (Å²) in [6, 6.07) is 0. The van der Waals surface area contributed by atoms with Crippen molar-refractivity contribution in [1.82, 2.24) is 0 Å². The molecule has 12 heavy (non-hydrogen) atoms. The molecule has 1 aliphatic carbocycles. The van der Waals surface area contributed by atoms with Crippen molar-refractivity contribution in [1.29, 1.82) is 0 Å². The summed E-state index contributed by atoms with van der Waals surface area (Å²) in [4.78, 5) is 0. The molecule has 68 valence electrons. The van der Waals surface area contributed by atoms with Gasteiger partial charge in [0.1, 0.15) is 0 Å². The summed E-state index contributed by atoms with van der Waals surface area (Å²) in [5, 5.41) is 0. The second-order valence-electron chi connectivity index (χ2n) is 3.38. The van der Waals surface area contributed by atoms with Crippen LogP contribution in [-0.4, -0.2) is 13.2 Å². The number of hydrogen-bond donors (Lipinski definition) is 0. The largest absolute Gasteiger partial charge is 0.376 e. The third-order valence-electron chi connectivity index (χ3n) is 2.21. The monoisotopic (exact) mass is 230 g/mol. The highest BCUT2D eigenvalue weighted by Gasteiger charge is 2.18. The maximum atomic E-state index is 5.33. The van der Waals surface area contributed by atoms with E-state index in [1.54, 1.807) is 7.11 Å². The lowest BCUT2D eigenvalue weighted by Gasteiger charge is -2.22. The predicted molar refractivity (Wildman–Crippen MR) is 55.3 cm³/mol. The maximum Gasteiger partial charge on any atom is 0.0922 e. The van der Waals surface area contributed by atoms with E-state index in [9.17, 15) is 0 Å². The molecule has 0 radical (unpaired) electrons. The van der Waals surface area contributed by atoms with Crippen molar-refractivity contribution in [2.24, 2.45) is 5.92 Å². The number of hydrogen-bond acceptors (Lipinski definition) is 1. The molecule has 0 saturated heterocycles. The Morgan fingerprint density at radius 3 is 2.67 bits per heavy atom. The molecular weight excluding hydrogens is 216 g/mol. The lowest BCUT2D eigenvalue weighted by atomic mass is 9.93. The third kappa shape index (κ3) is 2.20. The van der Waals surface area contributed by atoms with Gasteiger partial charge in [-0.2, -0.15) is 0 Å². The van der Waals surface area contributed by atoms with Crippen LogP contribution in [0.25, 0.3) is 0 Å². The molecule has 0 N–H and O–H groups in total. The first-order chi connectivity index (χ1) is 5.65. The van der Waals surface area contributed by atoms with E-state index in [-0.39, 0.29) is 6.10 Å². The average molecular weight is 231 g/mol. The zero-order valence-electron chi connectivity index (χ0n) is 7.80. The molecular formula is C10H15BrO. The Bertz CT molecular complexity index is 216. The minimum atomic E-state index is 0.229. The average Bonchev–Trinajstić information content (AvgIpc) is 2.05. The van der Waals surface area contributed by atoms with Gasteiger partial charge in [0.05, 0.1) is 6.10 Å². The van der Waals surface area contributed by atoms with Gasteiger partial charge >= 0.3 is 0 Å². The maximum absolute atomic E-state index is 5.33. The molecule has 0 fully saturated rings. The Labute approximate surface area is 82.6 Å². The molecule has 2 heteroatoms. The van der Waals surface area contributed by atoms with E-state index in [1.165, 1.54) is 5.57 Å². The fourth-order valence-electron chi connectivity index (χ4n) is 1.30. The normalized spacial score (nSPS) is 23.9. The van der Waals surface area contributed by atoms with Crippen molar-refractivity contribution in [3.05, 3.63) is 22.2 Å². The number of allylic oxidation sites excluding steroid dienone is 2. The minimum Gasteiger partial charge on any atom is -0.376 e. The topological polar surface area (TPSA) is 9.23 Å². The van der Waals surface area contributed by atoms with Crippen molar-refractivity contribution in [3.8, 4) is 0 Å². The number of halogens is 1. The molecule has 0 bridgehead atoms. The van der Waals surface area contributed by atoms with Crippen LogP contribution in [0, 0.1) is 5.92 Å². The highest BCUT2D eigenvalue weighted by atomic mass is 79.9. The van der Waals surface area contributed by atoms with Crippen LogP contribution in [0.5, 0.6) is 0 Å². The highest BCUT2D eigenvalue weighted by molar-refractivity contribution is 9.11. The Kier molecular flexibility index (Phi) is 3.53. The van der Waals surface area contributed by atoms with Gasteiger partial charge in [-0.05, 0) is 18.4 Å². The third-order valence-corrected chi connectivity index (χ3v) is 2.99. The Morgan fingerprint density at radius 1 is 1.50 bits per heavy atom. The summed E-state index contributed by atoms with van der Waals surface area (Å²) in [6.45, 7) is 4.43. The van der Waals surface area contributed by atoms with Crippen LogP contribution < -0.4 is 0 Å². The summed E-state index contributed by atoms with van der Waals surface area (Å²) < 4.78 is 6.48. The number of rotatable bonds is 2. The van der Waals surface area contributed by atoms with Gasteiger partial charge in [0.15, 0.2) is 0 Å². The Morgan fingerprint density at radius 2 is 2.17 bits per heavy atom. The van der Waals surface area contributed by atoms with E-state index in [4.69, 9.17) is 4.74 Å². The standard InChI is InChI=1S/C10H15BrO/c1-7(2)8-4-5-9(11)10(6-8)12-3/h4-5,7,10H,6H2,1-3H3. The number of methoxy groups -OCH3 is 1. The van der Waals surface area contributed by atoms with E-state index in [0.29, 0.717) is 5.92 Å². The highest BCUT2D eigenvalue weighted by Crippen LogP contribution is 2.28. The smallest absolute Gasteiger partial charge is 0.0922 e. The van der Waals surface area contributed by atoms with Crippen molar-refractivity contribution in [2.45, 2.75) is 26.4 Å². The minimum absolute atomic E-state index is 0.229.